The van der Waals surface area contributed by atoms with Crippen LogP contribution in [0.3, 0.4) is 0 Å². The second kappa shape index (κ2) is 6.81. The van der Waals surface area contributed by atoms with Crippen LogP contribution < -0.4 is 5.73 Å². The molecule has 2 N–H and O–H groups in total. The number of aromatic nitrogens is 3. The minimum absolute atomic E-state index is 0.271. The van der Waals surface area contributed by atoms with Crippen LogP contribution in [0.4, 0.5) is 5.00 Å². The first kappa shape index (κ1) is 16.3. The maximum Gasteiger partial charge on any atom is 0.348 e. The van der Waals surface area contributed by atoms with Gasteiger partial charge in [-0.15, -0.1) is 21.5 Å². The molecular weight excluding hydrogens is 322 g/mol. The Hall–Kier alpha value is -2.05. The van der Waals surface area contributed by atoms with Crippen molar-refractivity contribution in [2.75, 3.05) is 12.3 Å². The molecular formula is C13H15N5O2S2. The predicted molar refractivity (Wildman–Crippen MR) is 84.7 cm³/mol. The standard InChI is InChI=1S/C13H15N5O2S2/c1-4-20-12(19)10-9(8(5-14)11(15)22-10)6-21-13-17-16-7(2)18(13)3/h4,6,15H2,1-3H3. The van der Waals surface area contributed by atoms with Gasteiger partial charge in [0.25, 0.3) is 0 Å². The maximum atomic E-state index is 12.0. The van der Waals surface area contributed by atoms with E-state index in [1.165, 1.54) is 11.8 Å². The van der Waals surface area contributed by atoms with Gasteiger partial charge >= 0.3 is 5.97 Å². The smallest absolute Gasteiger partial charge is 0.348 e. The summed E-state index contributed by atoms with van der Waals surface area (Å²) in [6, 6.07) is 2.06. The van der Waals surface area contributed by atoms with Crippen molar-refractivity contribution in [3.8, 4) is 6.07 Å². The Bertz CT molecular complexity index is 744. The molecule has 0 spiro atoms. The highest BCUT2D eigenvalue weighted by Gasteiger charge is 2.23. The van der Waals surface area contributed by atoms with E-state index < -0.39 is 5.97 Å². The second-order valence-corrected chi connectivity index (χ2v) is 6.35. The maximum absolute atomic E-state index is 12.0. The molecule has 2 aromatic heterocycles. The van der Waals surface area contributed by atoms with Crippen molar-refractivity contribution in [2.24, 2.45) is 7.05 Å². The molecule has 0 atom stereocenters. The van der Waals surface area contributed by atoms with Crippen LogP contribution >= 0.6 is 23.1 Å². The summed E-state index contributed by atoms with van der Waals surface area (Å²) in [4.78, 5) is 12.4. The lowest BCUT2D eigenvalue weighted by molar-refractivity contribution is 0.0531. The van der Waals surface area contributed by atoms with Gasteiger partial charge in [-0.25, -0.2) is 4.79 Å². The number of esters is 1. The third kappa shape index (κ3) is 3.08. The average Bonchev–Trinajstić information content (AvgIpc) is 2.98. The summed E-state index contributed by atoms with van der Waals surface area (Å²) < 4.78 is 6.87. The Morgan fingerprint density at radius 3 is 2.82 bits per heavy atom. The van der Waals surface area contributed by atoms with Gasteiger partial charge in [0.2, 0.25) is 0 Å². The van der Waals surface area contributed by atoms with E-state index >= 15 is 0 Å². The molecule has 0 saturated heterocycles. The molecule has 0 amide bonds. The van der Waals surface area contributed by atoms with Crippen molar-refractivity contribution < 1.29 is 9.53 Å². The Morgan fingerprint density at radius 2 is 2.27 bits per heavy atom. The van der Waals surface area contributed by atoms with Gasteiger partial charge < -0.3 is 15.0 Å². The number of rotatable bonds is 5. The van der Waals surface area contributed by atoms with E-state index in [9.17, 15) is 10.1 Å². The number of aryl methyl sites for hydroxylation is 1. The van der Waals surface area contributed by atoms with Gasteiger partial charge in [-0.2, -0.15) is 5.26 Å². The van der Waals surface area contributed by atoms with E-state index in [1.54, 1.807) is 6.92 Å². The van der Waals surface area contributed by atoms with E-state index in [-0.39, 0.29) is 6.61 Å². The molecule has 0 unspecified atom stereocenters. The number of ether oxygens (including phenoxy) is 1. The van der Waals surface area contributed by atoms with E-state index in [4.69, 9.17) is 10.5 Å². The van der Waals surface area contributed by atoms with Gasteiger partial charge in [-0.1, -0.05) is 11.8 Å². The molecule has 9 heteroatoms. The number of nitriles is 1. The molecule has 2 aromatic rings. The molecule has 0 aromatic carbocycles. The molecule has 0 saturated carbocycles. The average molecular weight is 337 g/mol. The Morgan fingerprint density at radius 1 is 1.55 bits per heavy atom. The number of nitrogen functional groups attached to an aromatic ring is 1. The third-order valence-corrected chi connectivity index (χ3v) is 5.09. The molecule has 7 nitrogen and oxygen atoms in total. The van der Waals surface area contributed by atoms with Crippen LogP contribution in [0.25, 0.3) is 0 Å². The molecule has 2 heterocycles. The normalized spacial score (nSPS) is 10.5. The summed E-state index contributed by atoms with van der Waals surface area (Å²) in [6.45, 7) is 3.86. The molecule has 0 aliphatic carbocycles. The molecule has 116 valence electrons. The molecule has 22 heavy (non-hydrogen) atoms. The van der Waals surface area contributed by atoms with Crippen LogP contribution in [0.1, 0.15) is 33.5 Å². The zero-order chi connectivity index (χ0) is 16.3. The fourth-order valence-electron chi connectivity index (χ4n) is 1.76. The number of carbonyl (C=O) groups excluding carboxylic acids is 1. The van der Waals surface area contributed by atoms with Crippen LogP contribution in [-0.4, -0.2) is 27.3 Å². The van der Waals surface area contributed by atoms with Crippen molar-refractivity contribution in [3.05, 3.63) is 21.8 Å². The molecule has 0 aliphatic rings. The summed E-state index contributed by atoms with van der Waals surface area (Å²) in [7, 11) is 1.86. The summed E-state index contributed by atoms with van der Waals surface area (Å²) >= 11 is 2.48. The lowest BCUT2D eigenvalue weighted by atomic mass is 10.2. The molecule has 0 aliphatic heterocycles. The number of thiophene rings is 1. The van der Waals surface area contributed by atoms with Crippen molar-refractivity contribution in [3.63, 3.8) is 0 Å². The number of hydrogen-bond donors (Lipinski definition) is 1. The first-order valence-corrected chi connectivity index (χ1v) is 8.26. The molecule has 0 radical (unpaired) electrons. The van der Waals surface area contributed by atoms with E-state index in [0.717, 1.165) is 17.2 Å². The SMILES string of the molecule is CCOC(=O)c1sc(N)c(C#N)c1CSc1nnc(C)n1C. The molecule has 2 rings (SSSR count). The second-order valence-electron chi connectivity index (χ2n) is 4.36. The van der Waals surface area contributed by atoms with Crippen molar-refractivity contribution in [2.45, 2.75) is 24.8 Å². The van der Waals surface area contributed by atoms with Crippen LogP contribution in [-0.2, 0) is 17.5 Å². The topological polar surface area (TPSA) is 107 Å². The van der Waals surface area contributed by atoms with Gasteiger partial charge in [0.15, 0.2) is 5.16 Å². The number of nitrogens with two attached hydrogens (primary N) is 1. The number of hydrogen-bond acceptors (Lipinski definition) is 8. The quantitative estimate of drug-likeness (QED) is 0.657. The lowest BCUT2D eigenvalue weighted by Gasteiger charge is -2.04. The Kier molecular flexibility index (Phi) is 5.05. The lowest BCUT2D eigenvalue weighted by Crippen LogP contribution is -2.05. The number of nitrogens with zero attached hydrogens (tertiary/aromatic N) is 4. The highest BCUT2D eigenvalue weighted by atomic mass is 32.2. The van der Waals surface area contributed by atoms with Crippen LogP contribution in [0.5, 0.6) is 0 Å². The minimum Gasteiger partial charge on any atom is -0.462 e. The molecule has 0 fully saturated rings. The largest absolute Gasteiger partial charge is 0.462 e. The predicted octanol–water partition coefficient (Wildman–Crippen LogP) is 2.11. The number of thioether (sulfide) groups is 1. The molecule has 0 bridgehead atoms. The summed E-state index contributed by atoms with van der Waals surface area (Å²) in [5.41, 5.74) is 6.76. The fourth-order valence-corrected chi connectivity index (χ4v) is 3.77. The van der Waals surface area contributed by atoms with Gasteiger partial charge in [0, 0.05) is 18.4 Å². The van der Waals surface area contributed by atoms with Crippen LogP contribution in [0, 0.1) is 18.3 Å². The monoisotopic (exact) mass is 337 g/mol. The van der Waals surface area contributed by atoms with Crippen LogP contribution in [0.15, 0.2) is 5.16 Å². The van der Waals surface area contributed by atoms with Gasteiger partial charge in [0.05, 0.1) is 12.2 Å². The highest BCUT2D eigenvalue weighted by molar-refractivity contribution is 7.98. The Balaban J connectivity index is 2.30. The zero-order valence-corrected chi connectivity index (χ0v) is 14.0. The van der Waals surface area contributed by atoms with Crippen molar-refractivity contribution >= 4 is 34.1 Å². The van der Waals surface area contributed by atoms with E-state index in [1.807, 2.05) is 18.5 Å². The zero-order valence-electron chi connectivity index (χ0n) is 12.4. The highest BCUT2D eigenvalue weighted by Crippen LogP contribution is 2.35. The summed E-state index contributed by atoms with van der Waals surface area (Å²) in [5, 5.41) is 18.3. The number of carbonyl (C=O) groups is 1. The van der Waals surface area contributed by atoms with E-state index in [2.05, 4.69) is 16.3 Å². The third-order valence-electron chi connectivity index (χ3n) is 3.01. The summed E-state index contributed by atoms with van der Waals surface area (Å²) in [6.07, 6.45) is 0. The van der Waals surface area contributed by atoms with Crippen molar-refractivity contribution in [1.29, 1.82) is 5.26 Å². The fraction of sp³-hybridized carbons (Fsp3) is 0.385. The van der Waals surface area contributed by atoms with Crippen molar-refractivity contribution in [1.82, 2.24) is 14.8 Å². The van der Waals surface area contributed by atoms with Gasteiger partial charge in [-0.3, -0.25) is 0 Å². The number of anilines is 1. The minimum atomic E-state index is -0.453. The van der Waals surface area contributed by atoms with Gasteiger partial charge in [-0.05, 0) is 13.8 Å². The van der Waals surface area contributed by atoms with E-state index in [0.29, 0.717) is 31.9 Å². The Labute approximate surface area is 136 Å². The first-order chi connectivity index (χ1) is 10.5. The van der Waals surface area contributed by atoms with Gasteiger partial charge in [0.1, 0.15) is 21.8 Å². The summed E-state index contributed by atoms with van der Waals surface area (Å²) in [5.74, 6) is 0.736. The first-order valence-electron chi connectivity index (χ1n) is 6.46. The van der Waals surface area contributed by atoms with Crippen LogP contribution in [0.2, 0.25) is 0 Å².